The highest BCUT2D eigenvalue weighted by Crippen LogP contribution is 2.48. The van der Waals surface area contributed by atoms with Gasteiger partial charge >= 0.3 is 0 Å². The van der Waals surface area contributed by atoms with Gasteiger partial charge in [-0.15, -0.1) is 0 Å². The Morgan fingerprint density at radius 3 is 2.44 bits per heavy atom. The minimum absolute atomic E-state index is 0.347. The van der Waals surface area contributed by atoms with Crippen molar-refractivity contribution < 1.29 is 0 Å². The van der Waals surface area contributed by atoms with E-state index in [9.17, 15) is 0 Å². The first kappa shape index (κ1) is 13.1. The van der Waals surface area contributed by atoms with Crippen LogP contribution < -0.4 is 10.6 Å². The number of anilines is 2. The van der Waals surface area contributed by atoms with Gasteiger partial charge in [-0.05, 0) is 24.7 Å². The normalized spacial score (nSPS) is 16.7. The molecule has 1 aliphatic rings. The summed E-state index contributed by atoms with van der Waals surface area (Å²) >= 11 is 0. The minimum Gasteiger partial charge on any atom is -0.373 e. The van der Waals surface area contributed by atoms with E-state index in [1.165, 1.54) is 19.3 Å². The molecule has 0 aliphatic heterocycles. The van der Waals surface area contributed by atoms with Crippen LogP contribution in [0.15, 0.2) is 6.07 Å². The molecular weight excluding hydrogens is 224 g/mol. The monoisotopic (exact) mass is 248 g/mol. The lowest BCUT2D eigenvalue weighted by Crippen LogP contribution is -2.16. The Morgan fingerprint density at radius 1 is 1.28 bits per heavy atom. The van der Waals surface area contributed by atoms with E-state index in [-0.39, 0.29) is 0 Å². The van der Waals surface area contributed by atoms with Crippen LogP contribution in [0.4, 0.5) is 11.6 Å². The second-order valence-corrected chi connectivity index (χ2v) is 5.61. The fourth-order valence-electron chi connectivity index (χ4n) is 2.05. The van der Waals surface area contributed by atoms with Crippen LogP contribution in [0.1, 0.15) is 51.8 Å². The Morgan fingerprint density at radius 2 is 1.94 bits per heavy atom. The number of rotatable bonds is 6. The molecule has 18 heavy (non-hydrogen) atoms. The largest absolute Gasteiger partial charge is 0.373 e. The van der Waals surface area contributed by atoms with E-state index < -0.39 is 0 Å². The van der Waals surface area contributed by atoms with Gasteiger partial charge in [0.2, 0.25) is 0 Å². The Balaban J connectivity index is 2.09. The standard InChI is InChI=1S/C14H24N4/c1-5-14(6-7-14)9-16-12-8-11(15-4)17-13(18-12)10(2)3/h8,10H,5-7,9H2,1-4H3,(H2,15,16,17,18). The highest BCUT2D eigenvalue weighted by atomic mass is 15.1. The molecule has 2 rings (SSSR count). The first-order valence-electron chi connectivity index (χ1n) is 6.89. The van der Waals surface area contributed by atoms with Crippen LogP contribution in [0.5, 0.6) is 0 Å². The molecule has 0 saturated heterocycles. The van der Waals surface area contributed by atoms with Crippen molar-refractivity contribution in [1.82, 2.24) is 9.97 Å². The summed E-state index contributed by atoms with van der Waals surface area (Å²) in [6, 6.07) is 1.98. The molecule has 4 nitrogen and oxygen atoms in total. The fourth-order valence-corrected chi connectivity index (χ4v) is 2.05. The number of hydrogen-bond acceptors (Lipinski definition) is 4. The molecule has 0 unspecified atom stereocenters. The molecule has 0 amide bonds. The molecule has 1 aromatic heterocycles. The molecule has 0 aromatic carbocycles. The van der Waals surface area contributed by atoms with Crippen LogP contribution in [-0.4, -0.2) is 23.6 Å². The molecule has 1 aliphatic carbocycles. The summed E-state index contributed by atoms with van der Waals surface area (Å²) in [7, 11) is 1.89. The lowest BCUT2D eigenvalue weighted by Gasteiger charge is -2.15. The summed E-state index contributed by atoms with van der Waals surface area (Å²) in [6.07, 6.45) is 3.94. The SMILES string of the molecule is CCC1(CNc2cc(NC)nc(C(C)C)n2)CC1. The van der Waals surface area contributed by atoms with Crippen molar-refractivity contribution in [3.63, 3.8) is 0 Å². The maximum Gasteiger partial charge on any atom is 0.135 e. The third-order valence-corrected chi connectivity index (χ3v) is 3.87. The van der Waals surface area contributed by atoms with E-state index in [0.29, 0.717) is 11.3 Å². The van der Waals surface area contributed by atoms with Crippen LogP contribution in [0.25, 0.3) is 0 Å². The summed E-state index contributed by atoms with van der Waals surface area (Å²) in [6.45, 7) is 7.54. The summed E-state index contributed by atoms with van der Waals surface area (Å²) in [5.41, 5.74) is 0.531. The minimum atomic E-state index is 0.347. The van der Waals surface area contributed by atoms with Crippen LogP contribution >= 0.6 is 0 Å². The average molecular weight is 248 g/mol. The van der Waals surface area contributed by atoms with Gasteiger partial charge in [0.15, 0.2) is 0 Å². The van der Waals surface area contributed by atoms with Gasteiger partial charge in [0.1, 0.15) is 17.5 Å². The van der Waals surface area contributed by atoms with Gasteiger partial charge < -0.3 is 10.6 Å². The summed E-state index contributed by atoms with van der Waals surface area (Å²) in [5.74, 6) is 3.07. The number of hydrogen-bond donors (Lipinski definition) is 2. The summed E-state index contributed by atoms with van der Waals surface area (Å²) < 4.78 is 0. The van der Waals surface area contributed by atoms with E-state index in [1.807, 2.05) is 13.1 Å². The third kappa shape index (κ3) is 2.92. The lowest BCUT2D eigenvalue weighted by atomic mass is 10.0. The first-order valence-corrected chi connectivity index (χ1v) is 6.89. The number of aromatic nitrogens is 2. The summed E-state index contributed by atoms with van der Waals surface area (Å²) in [4.78, 5) is 9.05. The van der Waals surface area contributed by atoms with Gasteiger partial charge in [0.05, 0.1) is 0 Å². The van der Waals surface area contributed by atoms with E-state index in [4.69, 9.17) is 0 Å². The predicted octanol–water partition coefficient (Wildman–Crippen LogP) is 3.24. The second kappa shape index (κ2) is 5.12. The molecule has 0 bridgehead atoms. The predicted molar refractivity (Wildman–Crippen MR) is 76.1 cm³/mol. The Labute approximate surface area is 110 Å². The Kier molecular flexibility index (Phi) is 3.73. The van der Waals surface area contributed by atoms with Crippen molar-refractivity contribution in [1.29, 1.82) is 0 Å². The molecule has 100 valence electrons. The summed E-state index contributed by atoms with van der Waals surface area (Å²) in [5, 5.41) is 6.58. The Bertz CT molecular complexity index is 410. The molecule has 0 spiro atoms. The second-order valence-electron chi connectivity index (χ2n) is 5.61. The van der Waals surface area contributed by atoms with Gasteiger partial charge in [-0.2, -0.15) is 0 Å². The maximum absolute atomic E-state index is 4.58. The van der Waals surface area contributed by atoms with Gasteiger partial charge in [0, 0.05) is 25.6 Å². The van der Waals surface area contributed by atoms with E-state index in [0.717, 1.165) is 24.0 Å². The zero-order valence-corrected chi connectivity index (χ0v) is 11.9. The van der Waals surface area contributed by atoms with Crippen LogP contribution in [0.2, 0.25) is 0 Å². The zero-order valence-electron chi connectivity index (χ0n) is 11.9. The van der Waals surface area contributed by atoms with Gasteiger partial charge in [0.25, 0.3) is 0 Å². The van der Waals surface area contributed by atoms with Crippen LogP contribution in [0, 0.1) is 5.41 Å². The van der Waals surface area contributed by atoms with Gasteiger partial charge in [-0.1, -0.05) is 20.8 Å². The van der Waals surface area contributed by atoms with Crippen molar-refractivity contribution in [2.75, 3.05) is 24.2 Å². The van der Waals surface area contributed by atoms with E-state index >= 15 is 0 Å². The molecule has 1 fully saturated rings. The highest BCUT2D eigenvalue weighted by molar-refractivity contribution is 5.47. The van der Waals surface area contributed by atoms with Crippen LogP contribution in [-0.2, 0) is 0 Å². The maximum atomic E-state index is 4.58. The third-order valence-electron chi connectivity index (χ3n) is 3.87. The smallest absolute Gasteiger partial charge is 0.135 e. The Hall–Kier alpha value is -1.32. The molecule has 1 saturated carbocycles. The average Bonchev–Trinajstić information content (AvgIpc) is 3.16. The molecule has 1 aromatic rings. The van der Waals surface area contributed by atoms with Crippen LogP contribution in [0.3, 0.4) is 0 Å². The van der Waals surface area contributed by atoms with Crippen molar-refractivity contribution in [2.24, 2.45) is 5.41 Å². The number of nitrogens with zero attached hydrogens (tertiary/aromatic N) is 2. The fraction of sp³-hybridized carbons (Fsp3) is 0.714. The van der Waals surface area contributed by atoms with E-state index in [1.54, 1.807) is 0 Å². The molecule has 4 heteroatoms. The number of nitrogens with one attached hydrogen (secondary N) is 2. The van der Waals surface area contributed by atoms with Gasteiger partial charge in [-0.25, -0.2) is 9.97 Å². The van der Waals surface area contributed by atoms with Gasteiger partial charge in [-0.3, -0.25) is 0 Å². The van der Waals surface area contributed by atoms with Crippen molar-refractivity contribution >= 4 is 11.6 Å². The van der Waals surface area contributed by atoms with Crippen molar-refractivity contribution in [3.8, 4) is 0 Å². The highest BCUT2D eigenvalue weighted by Gasteiger charge is 2.40. The molecular formula is C14H24N4. The lowest BCUT2D eigenvalue weighted by molar-refractivity contribution is 0.520. The first-order chi connectivity index (χ1) is 8.58. The molecule has 0 radical (unpaired) electrons. The van der Waals surface area contributed by atoms with Crippen molar-refractivity contribution in [2.45, 2.75) is 46.0 Å². The van der Waals surface area contributed by atoms with Crippen molar-refractivity contribution in [3.05, 3.63) is 11.9 Å². The molecule has 2 N–H and O–H groups in total. The molecule has 1 heterocycles. The molecule has 0 atom stereocenters. The van der Waals surface area contributed by atoms with E-state index in [2.05, 4.69) is 41.4 Å². The topological polar surface area (TPSA) is 49.8 Å². The zero-order chi connectivity index (χ0) is 13.2. The quantitative estimate of drug-likeness (QED) is 0.811.